The van der Waals surface area contributed by atoms with E-state index in [1.165, 1.54) is 83.5 Å². The van der Waals surface area contributed by atoms with Crippen molar-refractivity contribution in [3.63, 3.8) is 0 Å². The minimum atomic E-state index is -2.25. The molecule has 0 aromatic heterocycles. The van der Waals surface area contributed by atoms with E-state index in [-0.39, 0.29) is 5.97 Å². The molecule has 3 saturated carbocycles. The Morgan fingerprint density at radius 2 is 1.16 bits per heavy atom. The van der Waals surface area contributed by atoms with Crippen molar-refractivity contribution in [2.75, 3.05) is 13.2 Å². The second-order valence-electron chi connectivity index (χ2n) is 10.4. The third-order valence-corrected chi connectivity index (χ3v) is 17.3. The van der Waals surface area contributed by atoms with Crippen molar-refractivity contribution in [1.82, 2.24) is 0 Å². The fourth-order valence-electron chi connectivity index (χ4n) is 6.83. The molecule has 3 fully saturated rings. The Kier molecular flexibility index (Phi) is 9.69. The maximum Gasteiger partial charge on any atom is 0.402 e. The van der Waals surface area contributed by atoms with Gasteiger partial charge >= 0.3 is 9.28 Å². The molecule has 0 bridgehead atoms. The first-order valence-corrected chi connectivity index (χ1v) is 16.8. The first-order valence-electron chi connectivity index (χ1n) is 13.4. The Hall–Kier alpha value is -0.176. The minimum absolute atomic E-state index is 0.0295. The molecule has 0 aromatic rings. The van der Waals surface area contributed by atoms with E-state index in [4.69, 9.17) is 13.3 Å². The van der Waals surface area contributed by atoms with Gasteiger partial charge in [-0.1, -0.05) is 51.9 Å². The van der Waals surface area contributed by atoms with Crippen LogP contribution in [0.4, 0.5) is 0 Å². The number of carbonyl (C=O) groups is 1. The zero-order valence-electron chi connectivity index (χ0n) is 20.7. The highest BCUT2D eigenvalue weighted by Gasteiger charge is 2.60. The van der Waals surface area contributed by atoms with Gasteiger partial charge in [0.2, 0.25) is 0 Å². The summed E-state index contributed by atoms with van der Waals surface area (Å²) < 4.78 is 19.3. The molecule has 3 aliphatic carbocycles. The first-order chi connectivity index (χ1) is 15.0. The zero-order chi connectivity index (χ0) is 22.3. The summed E-state index contributed by atoms with van der Waals surface area (Å²) >= 11 is 0. The molecule has 1 radical (unpaired) electrons. The summed E-state index contributed by atoms with van der Waals surface area (Å²) in [6.45, 7) is 9.37. The lowest BCUT2D eigenvalue weighted by Crippen LogP contribution is -2.56. The highest BCUT2D eigenvalue weighted by atomic mass is 28.4. The highest BCUT2D eigenvalue weighted by Crippen LogP contribution is 2.59. The van der Waals surface area contributed by atoms with Gasteiger partial charge in [-0.3, -0.25) is 4.79 Å². The summed E-state index contributed by atoms with van der Waals surface area (Å²) in [6.07, 6.45) is 17.8. The van der Waals surface area contributed by atoms with Crippen LogP contribution in [0.15, 0.2) is 0 Å². The second-order valence-corrected chi connectivity index (χ2v) is 17.0. The summed E-state index contributed by atoms with van der Waals surface area (Å²) in [7, 11) is -3.99. The smallest absolute Gasteiger partial charge is 0.402 e. The topological polar surface area (TPSA) is 44.8 Å². The fraction of sp³-hybridized carbons (Fsp3) is 0.960. The molecule has 31 heavy (non-hydrogen) atoms. The lowest BCUT2D eigenvalue weighted by molar-refractivity contribution is -0.140. The molecule has 0 N–H and O–H groups in total. The van der Waals surface area contributed by atoms with Crippen LogP contribution in [0.3, 0.4) is 0 Å². The predicted molar refractivity (Wildman–Crippen MR) is 131 cm³/mol. The van der Waals surface area contributed by atoms with Crippen molar-refractivity contribution in [2.24, 2.45) is 0 Å². The molecule has 3 rings (SSSR count). The lowest BCUT2D eigenvalue weighted by atomic mass is 10.0. The fourth-order valence-corrected chi connectivity index (χ4v) is 15.7. The van der Waals surface area contributed by atoms with Crippen molar-refractivity contribution in [3.8, 4) is 0 Å². The van der Waals surface area contributed by atoms with Crippen LogP contribution in [0.25, 0.3) is 0 Å². The number of hydrogen-bond donors (Lipinski definition) is 0. The predicted octanol–water partition coefficient (Wildman–Crippen LogP) is 7.43. The molecule has 0 saturated heterocycles. The van der Waals surface area contributed by atoms with E-state index < -0.39 is 22.6 Å². The Morgan fingerprint density at radius 3 is 1.52 bits per heavy atom. The van der Waals surface area contributed by atoms with Crippen LogP contribution in [0.2, 0.25) is 21.7 Å². The third kappa shape index (κ3) is 5.33. The molecular formula is C25H47O4Si2. The van der Waals surface area contributed by atoms with Crippen LogP contribution in [-0.4, -0.2) is 36.8 Å². The number of carbonyl (C=O) groups excluding carboxylic acids is 1. The van der Waals surface area contributed by atoms with E-state index in [9.17, 15) is 4.79 Å². The summed E-state index contributed by atoms with van der Waals surface area (Å²) in [5.74, 6) is 0.0295. The van der Waals surface area contributed by atoms with Crippen molar-refractivity contribution in [1.29, 1.82) is 0 Å². The molecule has 0 heterocycles. The molecule has 0 amide bonds. The average Bonchev–Trinajstić information content (AvgIpc) is 3.52. The quantitative estimate of drug-likeness (QED) is 0.296. The molecule has 1 atom stereocenters. The standard InChI is InChI=1S/C25H47O4Si2/c1-5-25(4,30(27-6-2)28-7-3)24(26)29-31(22-17-11-12-18-22,23-19-13-14-20-23)21-15-9-8-10-16-21/h21-23H,5-20H2,1-4H3. The molecule has 0 spiro atoms. The maximum atomic E-state index is 14.1. The zero-order valence-corrected chi connectivity index (χ0v) is 22.7. The normalized spacial score (nSPS) is 24.0. The van der Waals surface area contributed by atoms with E-state index in [2.05, 4.69) is 13.8 Å². The van der Waals surface area contributed by atoms with E-state index in [1.807, 2.05) is 13.8 Å². The summed E-state index contributed by atoms with van der Waals surface area (Å²) in [5, 5.41) is -0.638. The Labute approximate surface area is 194 Å². The largest absolute Gasteiger partial charge is 0.518 e. The van der Waals surface area contributed by atoms with E-state index in [0.717, 1.165) is 6.42 Å². The van der Waals surface area contributed by atoms with Crippen LogP contribution in [0, 0.1) is 0 Å². The van der Waals surface area contributed by atoms with Crippen LogP contribution in [-0.2, 0) is 18.1 Å². The first kappa shape index (κ1) is 25.4. The Bertz CT molecular complexity index is 532. The third-order valence-electron chi connectivity index (χ3n) is 8.66. The van der Waals surface area contributed by atoms with Crippen molar-refractivity contribution >= 4 is 23.6 Å². The van der Waals surface area contributed by atoms with Crippen LogP contribution < -0.4 is 0 Å². The summed E-state index contributed by atoms with van der Waals surface area (Å²) in [4.78, 5) is 14.1. The van der Waals surface area contributed by atoms with Gasteiger partial charge in [0.1, 0.15) is 5.04 Å². The van der Waals surface area contributed by atoms with E-state index >= 15 is 0 Å². The summed E-state index contributed by atoms with van der Waals surface area (Å²) in [6, 6.07) is 0. The van der Waals surface area contributed by atoms with Gasteiger partial charge in [-0.25, -0.2) is 0 Å². The Morgan fingerprint density at radius 1 is 0.774 bits per heavy atom. The molecular weight excluding hydrogens is 420 g/mol. The van der Waals surface area contributed by atoms with Gasteiger partial charge in [0, 0.05) is 13.2 Å². The van der Waals surface area contributed by atoms with Gasteiger partial charge < -0.3 is 13.3 Å². The minimum Gasteiger partial charge on any atom is -0.518 e. The monoisotopic (exact) mass is 467 g/mol. The second kappa shape index (κ2) is 11.8. The SMILES string of the molecule is CCO[Si](OCC)C(C)(CC)C(=O)O[Si](C1CCCCC1)(C1CCCC1)C1CCCC1. The van der Waals surface area contributed by atoms with Crippen molar-refractivity contribution < 1.29 is 18.1 Å². The van der Waals surface area contributed by atoms with E-state index in [0.29, 0.717) is 29.8 Å². The van der Waals surface area contributed by atoms with Crippen LogP contribution in [0.5, 0.6) is 0 Å². The Balaban J connectivity index is 1.96. The maximum absolute atomic E-state index is 14.1. The van der Waals surface area contributed by atoms with Gasteiger partial charge in [-0.15, -0.1) is 0 Å². The number of hydrogen-bond acceptors (Lipinski definition) is 4. The molecule has 4 nitrogen and oxygen atoms in total. The van der Waals surface area contributed by atoms with Gasteiger partial charge in [-0.2, -0.15) is 0 Å². The molecule has 0 aromatic carbocycles. The molecule has 1 unspecified atom stereocenters. The van der Waals surface area contributed by atoms with Crippen molar-refractivity contribution in [3.05, 3.63) is 0 Å². The molecule has 0 aliphatic heterocycles. The van der Waals surface area contributed by atoms with Crippen molar-refractivity contribution in [2.45, 2.75) is 139 Å². The highest BCUT2D eigenvalue weighted by molar-refractivity contribution is 6.80. The van der Waals surface area contributed by atoms with Crippen LogP contribution >= 0.6 is 0 Å². The van der Waals surface area contributed by atoms with Gasteiger partial charge in [-0.05, 0) is 82.3 Å². The molecule has 179 valence electrons. The molecule has 6 heteroatoms. The van der Waals surface area contributed by atoms with Gasteiger partial charge in [0.05, 0.1) is 0 Å². The number of rotatable bonds is 11. The average molecular weight is 468 g/mol. The van der Waals surface area contributed by atoms with Gasteiger partial charge in [0.25, 0.3) is 14.3 Å². The van der Waals surface area contributed by atoms with Crippen LogP contribution in [0.1, 0.15) is 118 Å². The van der Waals surface area contributed by atoms with E-state index in [1.54, 1.807) is 0 Å². The lowest BCUT2D eigenvalue weighted by Gasteiger charge is -2.49. The summed E-state index contributed by atoms with van der Waals surface area (Å²) in [5.41, 5.74) is 2.03. The van der Waals surface area contributed by atoms with Gasteiger partial charge in [0.15, 0.2) is 0 Å². The molecule has 3 aliphatic rings.